The number of carbonyl (C=O) groups is 2. The summed E-state index contributed by atoms with van der Waals surface area (Å²) in [6.07, 6.45) is 6.84. The summed E-state index contributed by atoms with van der Waals surface area (Å²) in [5.74, 6) is -0.252. The van der Waals surface area contributed by atoms with Crippen LogP contribution in [0.4, 0.5) is 0 Å². The highest BCUT2D eigenvalue weighted by Gasteiger charge is 2.38. The normalized spacial score (nSPS) is 27.5. The number of carbonyl (C=O) groups excluding carboxylic acids is 2. The van der Waals surface area contributed by atoms with Gasteiger partial charge >= 0.3 is 5.97 Å². The van der Waals surface area contributed by atoms with E-state index in [0.717, 1.165) is 0 Å². The summed E-state index contributed by atoms with van der Waals surface area (Å²) in [6.45, 7) is 1.80. The van der Waals surface area contributed by atoms with Gasteiger partial charge in [-0.2, -0.15) is 0 Å². The second kappa shape index (κ2) is 8.15. The molecule has 3 rings (SSSR count). The average molecular weight is 393 g/mol. The van der Waals surface area contributed by atoms with Crippen molar-refractivity contribution in [2.24, 2.45) is 0 Å². The lowest BCUT2D eigenvalue weighted by Crippen LogP contribution is -2.20. The van der Waals surface area contributed by atoms with Crippen LogP contribution in [0.15, 0.2) is 30.4 Å². The lowest BCUT2D eigenvalue weighted by Gasteiger charge is -2.19. The highest BCUT2D eigenvalue weighted by molar-refractivity contribution is 6.33. The van der Waals surface area contributed by atoms with E-state index in [-0.39, 0.29) is 46.9 Å². The molecule has 0 aliphatic carbocycles. The number of allylic oxidation sites excluding steroid dienone is 3. The summed E-state index contributed by atoms with van der Waals surface area (Å²) in [5, 5.41) is 0.188. The van der Waals surface area contributed by atoms with Gasteiger partial charge in [-0.1, -0.05) is 29.8 Å². The number of fused-ring (bicyclic) bond motifs is 2. The van der Waals surface area contributed by atoms with Gasteiger partial charge < -0.3 is 18.9 Å². The minimum absolute atomic E-state index is 0.00286. The van der Waals surface area contributed by atoms with Crippen molar-refractivity contribution in [2.75, 3.05) is 14.2 Å². The average Bonchev–Trinajstić information content (AvgIpc) is 3.36. The zero-order valence-corrected chi connectivity index (χ0v) is 16.1. The maximum absolute atomic E-state index is 12.9. The van der Waals surface area contributed by atoms with Crippen molar-refractivity contribution >= 4 is 23.4 Å². The fourth-order valence-corrected chi connectivity index (χ4v) is 3.36. The molecule has 2 heterocycles. The Hall–Kier alpha value is -2.31. The van der Waals surface area contributed by atoms with Crippen molar-refractivity contribution in [1.29, 1.82) is 0 Å². The monoisotopic (exact) mass is 392 g/mol. The fraction of sp³-hybridized carbons (Fsp3) is 0.400. The van der Waals surface area contributed by atoms with Gasteiger partial charge in [-0.05, 0) is 13.0 Å². The number of halogens is 1. The van der Waals surface area contributed by atoms with Crippen LogP contribution in [0.2, 0.25) is 5.02 Å². The molecule has 27 heavy (non-hydrogen) atoms. The molecule has 0 spiro atoms. The SMILES string of the molecule is COc1cc(OC)c2c(c1Cl)CC(=O)/C=C/C=C\[C@H]1O[C@@H]1C[C@@H](C)OC2=O. The van der Waals surface area contributed by atoms with E-state index in [1.165, 1.54) is 26.4 Å². The van der Waals surface area contributed by atoms with E-state index in [1.807, 2.05) is 6.08 Å². The van der Waals surface area contributed by atoms with Crippen LogP contribution < -0.4 is 9.47 Å². The third-order valence-corrected chi connectivity index (χ3v) is 4.89. The van der Waals surface area contributed by atoms with E-state index >= 15 is 0 Å². The molecule has 0 bridgehead atoms. The molecular weight excluding hydrogens is 372 g/mol. The largest absolute Gasteiger partial charge is 0.496 e. The van der Waals surface area contributed by atoms with E-state index in [0.29, 0.717) is 17.7 Å². The van der Waals surface area contributed by atoms with E-state index < -0.39 is 5.97 Å². The number of methoxy groups -OCH3 is 2. The van der Waals surface area contributed by atoms with Crippen molar-refractivity contribution in [1.82, 2.24) is 0 Å². The Labute approximate surface area is 162 Å². The van der Waals surface area contributed by atoms with Crippen LogP contribution in [0.5, 0.6) is 11.5 Å². The van der Waals surface area contributed by atoms with Crippen molar-refractivity contribution in [2.45, 2.75) is 38.1 Å². The Morgan fingerprint density at radius 1 is 1.15 bits per heavy atom. The molecule has 2 aliphatic heterocycles. The van der Waals surface area contributed by atoms with E-state index in [4.69, 9.17) is 30.5 Å². The van der Waals surface area contributed by atoms with Gasteiger partial charge in [-0.3, -0.25) is 4.79 Å². The number of ketones is 1. The first-order chi connectivity index (χ1) is 12.9. The number of cyclic esters (lactones) is 1. The van der Waals surface area contributed by atoms with Gasteiger partial charge in [0.1, 0.15) is 29.3 Å². The number of epoxide rings is 1. The number of benzene rings is 1. The summed E-state index contributed by atoms with van der Waals surface area (Å²) < 4.78 is 21.7. The van der Waals surface area contributed by atoms with Gasteiger partial charge in [0.2, 0.25) is 0 Å². The summed E-state index contributed by atoms with van der Waals surface area (Å²) in [4.78, 5) is 25.2. The number of hydrogen-bond acceptors (Lipinski definition) is 6. The third kappa shape index (κ3) is 4.34. The van der Waals surface area contributed by atoms with Crippen LogP contribution in [0.3, 0.4) is 0 Å². The molecule has 7 heteroatoms. The van der Waals surface area contributed by atoms with Crippen molar-refractivity contribution in [3.63, 3.8) is 0 Å². The van der Waals surface area contributed by atoms with Crippen molar-refractivity contribution < 1.29 is 28.5 Å². The van der Waals surface area contributed by atoms with Gasteiger partial charge in [0, 0.05) is 24.5 Å². The van der Waals surface area contributed by atoms with Gasteiger partial charge in [0.05, 0.1) is 25.3 Å². The minimum atomic E-state index is -0.597. The van der Waals surface area contributed by atoms with Gasteiger partial charge in [-0.25, -0.2) is 4.79 Å². The Bertz CT molecular complexity index is 813. The number of hydrogen-bond donors (Lipinski definition) is 0. The molecular formula is C20H21ClO6. The molecule has 0 radical (unpaired) electrons. The fourth-order valence-electron chi connectivity index (χ4n) is 3.06. The van der Waals surface area contributed by atoms with E-state index in [9.17, 15) is 9.59 Å². The molecule has 0 N–H and O–H groups in total. The van der Waals surface area contributed by atoms with Crippen LogP contribution in [0, 0.1) is 0 Å². The van der Waals surface area contributed by atoms with Gasteiger partial charge in [0.15, 0.2) is 5.78 Å². The topological polar surface area (TPSA) is 74.4 Å². The molecule has 1 aromatic carbocycles. The lowest BCUT2D eigenvalue weighted by atomic mass is 9.99. The maximum Gasteiger partial charge on any atom is 0.342 e. The zero-order valence-electron chi connectivity index (χ0n) is 15.4. The molecule has 0 amide bonds. The predicted molar refractivity (Wildman–Crippen MR) is 99.7 cm³/mol. The maximum atomic E-state index is 12.9. The molecule has 1 aromatic rings. The van der Waals surface area contributed by atoms with Crippen LogP contribution >= 0.6 is 11.6 Å². The van der Waals surface area contributed by atoms with Gasteiger partial charge in [0.25, 0.3) is 0 Å². The predicted octanol–water partition coefficient (Wildman–Crippen LogP) is 3.30. The van der Waals surface area contributed by atoms with Crippen LogP contribution in [-0.2, 0) is 20.7 Å². The Morgan fingerprint density at radius 3 is 2.59 bits per heavy atom. The van der Waals surface area contributed by atoms with Crippen LogP contribution in [0.1, 0.15) is 29.3 Å². The molecule has 0 saturated carbocycles. The first kappa shape index (κ1) is 19.5. The number of esters is 1. The molecule has 144 valence electrons. The highest BCUT2D eigenvalue weighted by Crippen LogP contribution is 2.39. The van der Waals surface area contributed by atoms with E-state index in [1.54, 1.807) is 19.1 Å². The summed E-state index contributed by atoms with van der Waals surface area (Å²) >= 11 is 6.41. The summed E-state index contributed by atoms with van der Waals surface area (Å²) in [5.41, 5.74) is 0.457. The Balaban J connectivity index is 2.06. The van der Waals surface area contributed by atoms with Crippen molar-refractivity contribution in [3.8, 4) is 11.5 Å². The molecule has 3 atom stereocenters. The molecule has 6 nitrogen and oxygen atoms in total. The first-order valence-electron chi connectivity index (χ1n) is 8.62. The highest BCUT2D eigenvalue weighted by atomic mass is 35.5. The Kier molecular flexibility index (Phi) is 5.87. The number of rotatable bonds is 2. The molecule has 2 aliphatic rings. The van der Waals surface area contributed by atoms with Gasteiger partial charge in [-0.15, -0.1) is 0 Å². The van der Waals surface area contributed by atoms with Crippen LogP contribution in [0.25, 0.3) is 0 Å². The molecule has 0 aromatic heterocycles. The zero-order chi connectivity index (χ0) is 19.6. The second-order valence-corrected chi connectivity index (χ2v) is 6.80. The lowest BCUT2D eigenvalue weighted by molar-refractivity contribution is -0.114. The standard InChI is InChI=1S/C20H21ClO6/c1-11-8-15-14(27-15)7-5-4-6-12(22)9-13-18(20(23)26-11)16(24-2)10-17(25-3)19(13)21/h4-7,10-11,14-15H,8-9H2,1-3H3/b6-4+,7-5-/t11-,14-,15-/m1/s1. The van der Waals surface area contributed by atoms with Crippen molar-refractivity contribution in [3.05, 3.63) is 46.5 Å². The van der Waals surface area contributed by atoms with E-state index in [2.05, 4.69) is 0 Å². The summed E-state index contributed by atoms with van der Waals surface area (Å²) in [6, 6.07) is 1.51. The molecule has 1 saturated heterocycles. The number of ether oxygens (including phenoxy) is 4. The third-order valence-electron chi connectivity index (χ3n) is 4.47. The minimum Gasteiger partial charge on any atom is -0.496 e. The quantitative estimate of drug-likeness (QED) is 0.568. The molecule has 1 fully saturated rings. The molecule has 0 unspecified atom stereocenters. The Morgan fingerprint density at radius 2 is 1.89 bits per heavy atom. The first-order valence-corrected chi connectivity index (χ1v) is 8.99. The van der Waals surface area contributed by atoms with Crippen LogP contribution in [-0.4, -0.2) is 44.3 Å². The summed E-state index contributed by atoms with van der Waals surface area (Å²) in [7, 11) is 2.88. The second-order valence-electron chi connectivity index (χ2n) is 6.43. The smallest absolute Gasteiger partial charge is 0.342 e.